The van der Waals surface area contributed by atoms with E-state index in [1.807, 2.05) is 6.07 Å². The third kappa shape index (κ3) is 8.25. The quantitative estimate of drug-likeness (QED) is 0.135. The van der Waals surface area contributed by atoms with Crippen molar-refractivity contribution in [1.82, 2.24) is 4.57 Å². The molecule has 20 rings (SSSR count). The smallest absolute Gasteiger partial charge is 0.252 e. The molecule has 0 N–H and O–H groups in total. The Kier molecular flexibility index (Phi) is 12.1. The summed E-state index contributed by atoms with van der Waals surface area (Å²) in [4.78, 5) is 5.31. The summed E-state index contributed by atoms with van der Waals surface area (Å²) in [6.07, 6.45) is 0. The summed E-state index contributed by atoms with van der Waals surface area (Å²) in [5, 5.41) is 6.78. The number of anilines is 6. The Morgan fingerprint density at radius 3 is 1.25 bits per heavy atom. The molecule has 3 aromatic heterocycles. The van der Waals surface area contributed by atoms with Crippen LogP contribution in [-0.2, 0) is 0 Å². The molecular weight excluding hydrogens is 1170 g/mol. The lowest BCUT2D eigenvalue weighted by Gasteiger charge is -2.46. The van der Waals surface area contributed by atoms with E-state index in [1.54, 1.807) is 0 Å². The number of nitrogens with zero attached hydrogens (tertiary/aromatic N) is 3. The number of hydrogen-bond acceptors (Lipinski definition) is 4. The largest absolute Gasteiger partial charge is 0.456 e. The van der Waals surface area contributed by atoms with Crippen LogP contribution < -0.4 is 26.2 Å². The first-order chi connectivity index (χ1) is 47.6. The molecule has 6 heteroatoms. The van der Waals surface area contributed by atoms with Crippen LogP contribution in [0.3, 0.4) is 0 Å². The molecule has 0 amide bonds. The van der Waals surface area contributed by atoms with E-state index in [-0.39, 0.29) is 6.71 Å². The van der Waals surface area contributed by atoms with Crippen molar-refractivity contribution >= 4 is 123 Å². The van der Waals surface area contributed by atoms with Crippen LogP contribution in [0, 0.1) is 0 Å². The lowest BCUT2D eigenvalue weighted by Crippen LogP contribution is -2.61. The highest BCUT2D eigenvalue weighted by atomic mass is 16.3. The van der Waals surface area contributed by atoms with Gasteiger partial charge >= 0.3 is 0 Å². The summed E-state index contributed by atoms with van der Waals surface area (Å²) in [6, 6.07) is 125. The van der Waals surface area contributed by atoms with Crippen molar-refractivity contribution in [2.45, 2.75) is 0 Å². The molecule has 0 aliphatic carbocycles. The number of benzene rings is 15. The predicted molar refractivity (Wildman–Crippen MR) is 402 cm³/mol. The fourth-order valence-corrected chi connectivity index (χ4v) is 16.0. The standard InChI is InChI=1S/C90H56BN3O2/c1-5-24-57(25-6-1)66-37-21-38-67(58-26-7-2-8-27-58)89(66)93-79-50-47-63(65-36-23-45-86-87(65)73-35-16-20-44-84(73)96-86)53-76(79)91-75-49-46-62(61-48-51-85-74(52-61)72-34-15-19-43-83(72)95-85)54-80(75)94(90-68(59-28-9-3-10-29-59)39-22-40-69(90)60-30-11-4-12-31-60)82-56-64(55-81(93)88(82)91)92-77-41-17-13-32-70(77)71-33-14-18-42-78(71)92/h1-56H. The van der Waals surface area contributed by atoms with Crippen LogP contribution in [-0.4, -0.2) is 11.3 Å². The van der Waals surface area contributed by atoms with Crippen LogP contribution in [0.5, 0.6) is 0 Å². The number of aromatic nitrogens is 1. The zero-order chi connectivity index (χ0) is 63.0. The number of para-hydroxylation sites is 6. The summed E-state index contributed by atoms with van der Waals surface area (Å²) >= 11 is 0. The molecule has 2 aliphatic heterocycles. The minimum atomic E-state index is -0.289. The zero-order valence-corrected chi connectivity index (χ0v) is 52.1. The van der Waals surface area contributed by atoms with Gasteiger partial charge in [0.25, 0.3) is 6.71 Å². The molecule has 0 bridgehead atoms. The van der Waals surface area contributed by atoms with E-state index in [9.17, 15) is 0 Å². The second-order valence-electron chi connectivity index (χ2n) is 25.4. The van der Waals surface area contributed by atoms with Gasteiger partial charge in [0.1, 0.15) is 22.3 Å². The Balaban J connectivity index is 0.973. The van der Waals surface area contributed by atoms with Gasteiger partial charge in [-0.2, -0.15) is 0 Å². The van der Waals surface area contributed by atoms with Crippen LogP contribution in [0.2, 0.25) is 0 Å². The maximum Gasteiger partial charge on any atom is 0.252 e. The molecule has 18 aromatic rings. The SMILES string of the molecule is c1ccc(-c2cccc(-c3ccccc3)c2N2c3ccc(-c4cccc5oc6ccccc6c45)cc3B3c4ccc(-c5ccc6oc7ccccc7c6c5)cc4N(c4c(-c5ccccc5)cccc4-c4ccccc4)c4cc(-n5c6ccccc6c6ccccc65)cc2c43)cc1. The van der Waals surface area contributed by atoms with Gasteiger partial charge in [-0.25, -0.2) is 0 Å². The van der Waals surface area contributed by atoms with Gasteiger partial charge in [0, 0.05) is 77.3 Å². The summed E-state index contributed by atoms with van der Waals surface area (Å²) in [6.45, 7) is -0.289. The van der Waals surface area contributed by atoms with E-state index in [0.717, 1.165) is 161 Å². The normalized spacial score (nSPS) is 12.5. The Labute approximate surface area is 554 Å². The summed E-state index contributed by atoms with van der Waals surface area (Å²) < 4.78 is 15.7. The summed E-state index contributed by atoms with van der Waals surface area (Å²) in [5.41, 5.74) is 30.3. The number of rotatable bonds is 9. The molecule has 15 aromatic carbocycles. The van der Waals surface area contributed by atoms with Crippen molar-refractivity contribution in [3.05, 3.63) is 340 Å². The minimum absolute atomic E-state index is 0.289. The molecule has 2 aliphatic rings. The van der Waals surface area contributed by atoms with E-state index in [0.29, 0.717) is 0 Å². The lowest BCUT2D eigenvalue weighted by atomic mass is 9.33. The Morgan fingerprint density at radius 2 is 0.667 bits per heavy atom. The van der Waals surface area contributed by atoms with Crippen molar-refractivity contribution < 1.29 is 8.83 Å². The van der Waals surface area contributed by atoms with Gasteiger partial charge in [-0.05, 0) is 128 Å². The fourth-order valence-electron chi connectivity index (χ4n) is 16.0. The van der Waals surface area contributed by atoms with E-state index in [1.165, 1.54) is 27.2 Å². The van der Waals surface area contributed by atoms with Gasteiger partial charge < -0.3 is 23.2 Å². The highest BCUT2D eigenvalue weighted by molar-refractivity contribution is 7.00. The van der Waals surface area contributed by atoms with Crippen molar-refractivity contribution in [1.29, 1.82) is 0 Å². The predicted octanol–water partition coefficient (Wildman–Crippen LogP) is 22.7. The van der Waals surface area contributed by atoms with Crippen molar-refractivity contribution in [2.75, 3.05) is 9.80 Å². The van der Waals surface area contributed by atoms with Gasteiger partial charge in [-0.15, -0.1) is 0 Å². The highest BCUT2D eigenvalue weighted by Crippen LogP contribution is 2.54. The van der Waals surface area contributed by atoms with Gasteiger partial charge in [0.2, 0.25) is 0 Å². The molecule has 0 saturated heterocycles. The molecular formula is C90H56BN3O2. The third-order valence-electron chi connectivity index (χ3n) is 20.2. The first-order valence-electron chi connectivity index (χ1n) is 33.0. The van der Waals surface area contributed by atoms with Crippen LogP contribution >= 0.6 is 0 Å². The van der Waals surface area contributed by atoms with Crippen LogP contribution in [0.1, 0.15) is 0 Å². The first-order valence-corrected chi connectivity index (χ1v) is 33.0. The molecule has 0 fully saturated rings. The minimum Gasteiger partial charge on any atom is -0.456 e. The van der Waals surface area contributed by atoms with E-state index >= 15 is 0 Å². The molecule has 5 nitrogen and oxygen atoms in total. The molecule has 0 spiro atoms. The van der Waals surface area contributed by atoms with Gasteiger partial charge in [0.15, 0.2) is 0 Å². The van der Waals surface area contributed by atoms with E-state index < -0.39 is 0 Å². The molecule has 0 saturated carbocycles. The third-order valence-corrected chi connectivity index (χ3v) is 20.2. The number of furan rings is 2. The maximum absolute atomic E-state index is 6.67. The average molecular weight is 1220 g/mol. The number of fused-ring (bicyclic) bond motifs is 13. The lowest BCUT2D eigenvalue weighted by molar-refractivity contribution is 0.668. The Morgan fingerprint density at radius 1 is 0.240 bits per heavy atom. The van der Waals surface area contributed by atoms with Crippen LogP contribution in [0.4, 0.5) is 34.1 Å². The van der Waals surface area contributed by atoms with Gasteiger partial charge in [-0.3, -0.25) is 0 Å². The topological polar surface area (TPSA) is 37.7 Å². The Bertz CT molecular complexity index is 6000. The van der Waals surface area contributed by atoms with E-state index in [2.05, 4.69) is 348 Å². The van der Waals surface area contributed by atoms with Crippen molar-refractivity contribution in [3.63, 3.8) is 0 Å². The number of hydrogen-bond donors (Lipinski definition) is 0. The average Bonchev–Trinajstić information content (AvgIpc) is 0.841. The zero-order valence-electron chi connectivity index (χ0n) is 52.1. The van der Waals surface area contributed by atoms with Crippen molar-refractivity contribution in [2.24, 2.45) is 0 Å². The molecule has 96 heavy (non-hydrogen) atoms. The molecule has 0 radical (unpaired) electrons. The second kappa shape index (κ2) is 21.5. The summed E-state index contributed by atoms with van der Waals surface area (Å²) in [5.74, 6) is 0. The molecule has 0 atom stereocenters. The maximum atomic E-state index is 6.67. The van der Waals surface area contributed by atoms with Gasteiger partial charge in [0.05, 0.1) is 28.1 Å². The van der Waals surface area contributed by atoms with Gasteiger partial charge in [-0.1, -0.05) is 273 Å². The molecule has 5 heterocycles. The summed E-state index contributed by atoms with van der Waals surface area (Å²) in [7, 11) is 0. The van der Waals surface area contributed by atoms with Crippen LogP contribution in [0.15, 0.2) is 349 Å². The van der Waals surface area contributed by atoms with Crippen molar-refractivity contribution in [3.8, 4) is 72.4 Å². The highest BCUT2D eigenvalue weighted by Gasteiger charge is 2.46. The second-order valence-corrected chi connectivity index (χ2v) is 25.4. The Hall–Kier alpha value is -12.6. The first kappa shape index (κ1) is 54.0. The van der Waals surface area contributed by atoms with E-state index in [4.69, 9.17) is 8.83 Å². The molecule has 0 unspecified atom stereocenters. The van der Waals surface area contributed by atoms with Crippen LogP contribution in [0.25, 0.3) is 138 Å². The molecule has 446 valence electrons. The monoisotopic (exact) mass is 1220 g/mol. The fraction of sp³-hybridized carbons (Fsp3) is 0.